The summed E-state index contributed by atoms with van der Waals surface area (Å²) in [5.74, 6) is -0.605. The lowest BCUT2D eigenvalue weighted by atomic mass is 10.1. The molecule has 1 N–H and O–H groups in total. The first-order valence-corrected chi connectivity index (χ1v) is 8.72. The lowest BCUT2D eigenvalue weighted by Crippen LogP contribution is -2.26. The van der Waals surface area contributed by atoms with E-state index in [1.165, 1.54) is 24.5 Å². The molecule has 0 radical (unpaired) electrons. The normalized spacial score (nSPS) is 16.6. The molecule has 8 nitrogen and oxygen atoms in total. The molecule has 1 amide bonds. The zero-order valence-electron chi connectivity index (χ0n) is 14.8. The number of nitrogens with zero attached hydrogens (tertiary/aromatic N) is 1. The van der Waals surface area contributed by atoms with Crippen LogP contribution in [0.25, 0.3) is 11.0 Å². The van der Waals surface area contributed by atoms with Gasteiger partial charge in [-0.1, -0.05) is 0 Å². The van der Waals surface area contributed by atoms with Gasteiger partial charge in [-0.2, -0.15) is 0 Å². The second-order valence-electron chi connectivity index (χ2n) is 6.63. The maximum atomic E-state index is 12.4. The Labute approximate surface area is 158 Å². The standard InChI is InChI=1S/C20H17NO7/c22-14-3-4-16-13(7-19(24)28-17(16)8-14)11-27-20(25)12-6-18(23)21(9-12)10-15-2-1-5-26-15/h1-5,7-8,12,22H,6,9-11H2/t12-/m0/s1. The molecule has 8 heteroatoms. The van der Waals surface area contributed by atoms with Crippen molar-refractivity contribution in [2.24, 2.45) is 5.92 Å². The van der Waals surface area contributed by atoms with E-state index in [1.54, 1.807) is 23.1 Å². The van der Waals surface area contributed by atoms with Gasteiger partial charge in [-0.05, 0) is 24.3 Å². The number of phenols is 1. The van der Waals surface area contributed by atoms with Crippen LogP contribution in [-0.2, 0) is 27.5 Å². The van der Waals surface area contributed by atoms with Crippen LogP contribution < -0.4 is 5.63 Å². The van der Waals surface area contributed by atoms with E-state index in [1.807, 2.05) is 0 Å². The van der Waals surface area contributed by atoms with E-state index >= 15 is 0 Å². The molecule has 1 saturated heterocycles. The third-order valence-electron chi connectivity index (χ3n) is 4.66. The molecule has 144 valence electrons. The highest BCUT2D eigenvalue weighted by Crippen LogP contribution is 2.24. The Morgan fingerprint density at radius 3 is 2.89 bits per heavy atom. The highest BCUT2D eigenvalue weighted by molar-refractivity contribution is 5.87. The largest absolute Gasteiger partial charge is 0.508 e. The van der Waals surface area contributed by atoms with E-state index in [4.69, 9.17) is 13.6 Å². The molecule has 4 rings (SSSR count). The van der Waals surface area contributed by atoms with Gasteiger partial charge in [0.25, 0.3) is 0 Å². The second kappa shape index (κ2) is 7.22. The summed E-state index contributed by atoms with van der Waals surface area (Å²) in [4.78, 5) is 37.8. The fraction of sp³-hybridized carbons (Fsp3) is 0.250. The molecule has 1 fully saturated rings. The van der Waals surface area contributed by atoms with Crippen LogP contribution in [0.1, 0.15) is 17.7 Å². The number of rotatable bonds is 5. The summed E-state index contributed by atoms with van der Waals surface area (Å²) in [5, 5.41) is 10.1. The summed E-state index contributed by atoms with van der Waals surface area (Å²) in [6, 6.07) is 9.11. The minimum absolute atomic E-state index is 0.0362. The van der Waals surface area contributed by atoms with Crippen LogP contribution in [0.2, 0.25) is 0 Å². The molecular formula is C20H17NO7. The van der Waals surface area contributed by atoms with Gasteiger partial charge in [-0.15, -0.1) is 0 Å². The molecule has 3 heterocycles. The summed E-state index contributed by atoms with van der Waals surface area (Å²) >= 11 is 0. The number of carbonyl (C=O) groups is 2. The van der Waals surface area contributed by atoms with E-state index in [0.29, 0.717) is 23.3 Å². The average Bonchev–Trinajstić information content (AvgIpc) is 3.29. The maximum Gasteiger partial charge on any atom is 0.336 e. The SMILES string of the molecule is O=C(OCc1cc(=O)oc2cc(O)ccc12)[C@H]1CC(=O)N(Cc2ccco2)C1. The van der Waals surface area contributed by atoms with Crippen molar-refractivity contribution in [3.05, 3.63) is 64.4 Å². The van der Waals surface area contributed by atoms with E-state index in [0.717, 1.165) is 0 Å². The monoisotopic (exact) mass is 383 g/mol. The molecule has 3 aromatic rings. The van der Waals surface area contributed by atoms with Crippen LogP contribution in [0, 0.1) is 5.92 Å². The molecule has 0 aliphatic carbocycles. The number of furan rings is 1. The molecule has 1 atom stereocenters. The van der Waals surface area contributed by atoms with Gasteiger partial charge in [-0.25, -0.2) is 4.79 Å². The Morgan fingerprint density at radius 1 is 1.25 bits per heavy atom. The zero-order valence-corrected chi connectivity index (χ0v) is 14.8. The number of esters is 1. The predicted molar refractivity (Wildman–Crippen MR) is 96.2 cm³/mol. The Bertz CT molecular complexity index is 1080. The van der Waals surface area contributed by atoms with E-state index in [9.17, 15) is 19.5 Å². The van der Waals surface area contributed by atoms with Crippen molar-refractivity contribution in [3.8, 4) is 5.75 Å². The van der Waals surface area contributed by atoms with E-state index < -0.39 is 17.5 Å². The number of phenolic OH excluding ortho intramolecular Hbond substituents is 1. The quantitative estimate of drug-likeness (QED) is 0.531. The molecule has 1 aliphatic heterocycles. The van der Waals surface area contributed by atoms with Crippen molar-refractivity contribution in [2.75, 3.05) is 6.54 Å². The molecule has 0 spiro atoms. The summed E-state index contributed by atoms with van der Waals surface area (Å²) in [5.41, 5.74) is 0.0698. The van der Waals surface area contributed by atoms with Gasteiger partial charge in [0.1, 0.15) is 23.7 Å². The molecule has 0 unspecified atom stereocenters. The van der Waals surface area contributed by atoms with Crippen LogP contribution >= 0.6 is 0 Å². The van der Waals surface area contributed by atoms with Crippen LogP contribution in [0.3, 0.4) is 0 Å². The number of amides is 1. The smallest absolute Gasteiger partial charge is 0.336 e. The van der Waals surface area contributed by atoms with Crippen LogP contribution in [0.4, 0.5) is 0 Å². The zero-order chi connectivity index (χ0) is 19.7. The van der Waals surface area contributed by atoms with Crippen molar-refractivity contribution < 1.29 is 28.3 Å². The molecular weight excluding hydrogens is 366 g/mol. The Hall–Kier alpha value is -3.55. The number of fused-ring (bicyclic) bond motifs is 1. The third-order valence-corrected chi connectivity index (χ3v) is 4.66. The van der Waals surface area contributed by atoms with Crippen molar-refractivity contribution in [3.63, 3.8) is 0 Å². The third kappa shape index (κ3) is 3.62. The lowest BCUT2D eigenvalue weighted by molar-refractivity contribution is -0.149. The van der Waals surface area contributed by atoms with Crippen molar-refractivity contribution in [1.29, 1.82) is 0 Å². The number of hydrogen-bond acceptors (Lipinski definition) is 7. The summed E-state index contributed by atoms with van der Waals surface area (Å²) in [6.07, 6.45) is 1.60. The first kappa shape index (κ1) is 17.8. The maximum absolute atomic E-state index is 12.4. The van der Waals surface area contributed by atoms with Crippen molar-refractivity contribution >= 4 is 22.8 Å². The molecule has 28 heavy (non-hydrogen) atoms. The number of aromatic hydroxyl groups is 1. The Balaban J connectivity index is 1.43. The van der Waals surface area contributed by atoms with Crippen LogP contribution in [0.5, 0.6) is 5.75 Å². The Kier molecular flexibility index (Phi) is 4.60. The molecule has 1 aliphatic rings. The first-order chi connectivity index (χ1) is 13.5. The number of likely N-dealkylation sites (tertiary alicyclic amines) is 1. The Morgan fingerprint density at radius 2 is 2.11 bits per heavy atom. The van der Waals surface area contributed by atoms with Gasteiger partial charge < -0.3 is 23.6 Å². The van der Waals surface area contributed by atoms with Gasteiger partial charge in [-0.3, -0.25) is 9.59 Å². The van der Waals surface area contributed by atoms with Crippen molar-refractivity contribution in [2.45, 2.75) is 19.6 Å². The summed E-state index contributed by atoms with van der Waals surface area (Å²) in [6.45, 7) is 0.433. The highest BCUT2D eigenvalue weighted by Gasteiger charge is 2.35. The first-order valence-electron chi connectivity index (χ1n) is 8.72. The average molecular weight is 383 g/mol. The minimum atomic E-state index is -0.607. The highest BCUT2D eigenvalue weighted by atomic mass is 16.5. The number of ether oxygens (including phenoxy) is 1. The predicted octanol–water partition coefficient (Wildman–Crippen LogP) is 2.18. The second-order valence-corrected chi connectivity index (χ2v) is 6.63. The lowest BCUT2D eigenvalue weighted by Gasteiger charge is -2.15. The molecule has 2 aromatic heterocycles. The van der Waals surface area contributed by atoms with Gasteiger partial charge >= 0.3 is 11.6 Å². The van der Waals surface area contributed by atoms with Gasteiger partial charge in [0, 0.05) is 36.0 Å². The fourth-order valence-electron chi connectivity index (χ4n) is 3.28. The minimum Gasteiger partial charge on any atom is -0.508 e. The fourth-order valence-corrected chi connectivity index (χ4v) is 3.28. The van der Waals surface area contributed by atoms with Crippen LogP contribution in [-0.4, -0.2) is 28.4 Å². The van der Waals surface area contributed by atoms with Crippen LogP contribution in [0.15, 0.2) is 56.3 Å². The van der Waals surface area contributed by atoms with Gasteiger partial charge in [0.15, 0.2) is 0 Å². The molecule has 1 aromatic carbocycles. The van der Waals surface area contributed by atoms with Gasteiger partial charge in [0.2, 0.25) is 5.91 Å². The topological polar surface area (TPSA) is 110 Å². The van der Waals surface area contributed by atoms with E-state index in [2.05, 4.69) is 0 Å². The summed E-state index contributed by atoms with van der Waals surface area (Å²) in [7, 11) is 0. The number of benzene rings is 1. The van der Waals surface area contributed by atoms with E-state index in [-0.39, 0.29) is 36.8 Å². The molecule has 0 saturated carbocycles. The number of carbonyl (C=O) groups excluding carboxylic acids is 2. The number of hydrogen-bond donors (Lipinski definition) is 1. The van der Waals surface area contributed by atoms with Gasteiger partial charge in [0.05, 0.1) is 18.7 Å². The molecule has 0 bridgehead atoms. The van der Waals surface area contributed by atoms with Crippen molar-refractivity contribution in [1.82, 2.24) is 4.90 Å². The summed E-state index contributed by atoms with van der Waals surface area (Å²) < 4.78 is 15.6.